The fourth-order valence-corrected chi connectivity index (χ4v) is 2.42. The van der Waals surface area contributed by atoms with Crippen molar-refractivity contribution >= 4 is 15.9 Å². The van der Waals surface area contributed by atoms with E-state index in [0.717, 1.165) is 28.4 Å². The molecular weight excluding hydrogens is 233 g/mol. The Labute approximate surface area is 85.3 Å². The van der Waals surface area contributed by atoms with E-state index < -0.39 is 0 Å². The summed E-state index contributed by atoms with van der Waals surface area (Å²) in [6, 6.07) is 3.51. The lowest BCUT2D eigenvalue weighted by molar-refractivity contribution is 0.611. The fraction of sp³-hybridized carbons (Fsp3) is 0.400. The summed E-state index contributed by atoms with van der Waals surface area (Å²) in [5, 5.41) is 0. The largest absolute Gasteiger partial charge is 0.330 e. The maximum Gasteiger partial charge on any atom is 0.127 e. The quantitative estimate of drug-likeness (QED) is 0.807. The smallest absolute Gasteiger partial charge is 0.127 e. The van der Waals surface area contributed by atoms with Gasteiger partial charge in [-0.3, -0.25) is 0 Å². The molecule has 1 atom stereocenters. The fourth-order valence-electron chi connectivity index (χ4n) is 1.97. The van der Waals surface area contributed by atoms with Crippen LogP contribution in [0.15, 0.2) is 16.6 Å². The van der Waals surface area contributed by atoms with Crippen molar-refractivity contribution in [3.63, 3.8) is 0 Å². The van der Waals surface area contributed by atoms with Crippen molar-refractivity contribution in [2.75, 3.05) is 6.54 Å². The average Bonchev–Trinajstić information content (AvgIpc) is 2.47. The first-order valence-electron chi connectivity index (χ1n) is 4.40. The number of fused-ring (bicyclic) bond motifs is 1. The topological polar surface area (TPSA) is 26.0 Å². The summed E-state index contributed by atoms with van der Waals surface area (Å²) in [7, 11) is 0. The van der Waals surface area contributed by atoms with E-state index in [1.807, 2.05) is 6.07 Å². The second-order valence-electron chi connectivity index (χ2n) is 3.43. The van der Waals surface area contributed by atoms with E-state index in [4.69, 9.17) is 5.73 Å². The van der Waals surface area contributed by atoms with E-state index in [0.29, 0.717) is 12.5 Å². The normalized spacial score (nSPS) is 20.4. The van der Waals surface area contributed by atoms with Crippen molar-refractivity contribution in [3.8, 4) is 0 Å². The van der Waals surface area contributed by atoms with Crippen LogP contribution >= 0.6 is 15.9 Å². The molecule has 1 aliphatic carbocycles. The van der Waals surface area contributed by atoms with Crippen LogP contribution in [-0.2, 0) is 6.42 Å². The standard InChI is InChI=1S/C10H11BrFN/c11-7-3-9-6(5-13)1-2-8(9)10(12)4-7/h3-4,6H,1-2,5,13H2. The Morgan fingerprint density at radius 1 is 1.54 bits per heavy atom. The first-order valence-corrected chi connectivity index (χ1v) is 5.19. The minimum atomic E-state index is -0.0969. The van der Waals surface area contributed by atoms with Gasteiger partial charge in [0.15, 0.2) is 0 Å². The highest BCUT2D eigenvalue weighted by Crippen LogP contribution is 2.35. The summed E-state index contributed by atoms with van der Waals surface area (Å²) in [5.41, 5.74) is 7.56. The van der Waals surface area contributed by atoms with Gasteiger partial charge in [-0.05, 0) is 48.6 Å². The molecule has 13 heavy (non-hydrogen) atoms. The second kappa shape index (κ2) is 3.39. The molecule has 1 aliphatic rings. The zero-order chi connectivity index (χ0) is 9.42. The number of halogens is 2. The highest BCUT2D eigenvalue weighted by molar-refractivity contribution is 9.10. The van der Waals surface area contributed by atoms with Gasteiger partial charge in [0.25, 0.3) is 0 Å². The predicted octanol–water partition coefficient (Wildman–Crippen LogP) is 2.58. The van der Waals surface area contributed by atoms with E-state index in [9.17, 15) is 4.39 Å². The maximum atomic E-state index is 13.4. The lowest BCUT2D eigenvalue weighted by Crippen LogP contribution is -2.09. The Morgan fingerprint density at radius 3 is 3.00 bits per heavy atom. The Morgan fingerprint density at radius 2 is 2.31 bits per heavy atom. The first kappa shape index (κ1) is 9.16. The van der Waals surface area contributed by atoms with Crippen molar-refractivity contribution < 1.29 is 4.39 Å². The van der Waals surface area contributed by atoms with Gasteiger partial charge < -0.3 is 5.73 Å². The van der Waals surface area contributed by atoms with Gasteiger partial charge in [-0.25, -0.2) is 4.39 Å². The molecule has 0 saturated carbocycles. The molecule has 0 amide bonds. The summed E-state index contributed by atoms with van der Waals surface area (Å²) in [6.45, 7) is 0.614. The van der Waals surface area contributed by atoms with Crippen molar-refractivity contribution in [1.82, 2.24) is 0 Å². The van der Waals surface area contributed by atoms with E-state index in [1.165, 1.54) is 6.07 Å². The Bertz CT molecular complexity index is 338. The van der Waals surface area contributed by atoms with Crippen LogP contribution in [0.5, 0.6) is 0 Å². The van der Waals surface area contributed by atoms with Crippen LogP contribution in [0.25, 0.3) is 0 Å². The minimum Gasteiger partial charge on any atom is -0.330 e. The van der Waals surface area contributed by atoms with E-state index in [-0.39, 0.29) is 5.82 Å². The Hall–Kier alpha value is -0.410. The highest BCUT2D eigenvalue weighted by Gasteiger charge is 2.24. The van der Waals surface area contributed by atoms with Crippen molar-refractivity contribution in [1.29, 1.82) is 0 Å². The molecule has 0 aromatic heterocycles. The number of hydrogen-bond acceptors (Lipinski definition) is 1. The summed E-state index contributed by atoms with van der Waals surface area (Å²) in [6.07, 6.45) is 1.82. The van der Waals surface area contributed by atoms with Gasteiger partial charge in [0.2, 0.25) is 0 Å². The molecule has 1 unspecified atom stereocenters. The molecule has 70 valence electrons. The zero-order valence-electron chi connectivity index (χ0n) is 7.19. The molecule has 0 spiro atoms. The molecule has 0 fully saturated rings. The van der Waals surface area contributed by atoms with Gasteiger partial charge in [0, 0.05) is 4.47 Å². The second-order valence-corrected chi connectivity index (χ2v) is 4.34. The lowest BCUT2D eigenvalue weighted by atomic mass is 10.0. The van der Waals surface area contributed by atoms with Gasteiger partial charge in [0.05, 0.1) is 0 Å². The Balaban J connectivity index is 2.51. The maximum absolute atomic E-state index is 13.4. The third-order valence-electron chi connectivity index (χ3n) is 2.66. The third-order valence-corrected chi connectivity index (χ3v) is 3.12. The van der Waals surface area contributed by atoms with Crippen LogP contribution in [0.3, 0.4) is 0 Å². The number of hydrogen-bond donors (Lipinski definition) is 1. The molecule has 1 nitrogen and oxygen atoms in total. The number of benzene rings is 1. The summed E-state index contributed by atoms with van der Waals surface area (Å²) in [5.74, 6) is 0.252. The van der Waals surface area contributed by atoms with Crippen LogP contribution in [0.4, 0.5) is 4.39 Å². The molecule has 0 bridgehead atoms. The molecule has 0 saturated heterocycles. The van der Waals surface area contributed by atoms with Crippen molar-refractivity contribution in [2.45, 2.75) is 18.8 Å². The Kier molecular flexibility index (Phi) is 2.39. The van der Waals surface area contributed by atoms with Gasteiger partial charge in [0.1, 0.15) is 5.82 Å². The first-order chi connectivity index (χ1) is 6.22. The highest BCUT2D eigenvalue weighted by atomic mass is 79.9. The van der Waals surface area contributed by atoms with Crippen LogP contribution in [0, 0.1) is 5.82 Å². The average molecular weight is 244 g/mol. The van der Waals surface area contributed by atoms with E-state index >= 15 is 0 Å². The molecule has 2 N–H and O–H groups in total. The van der Waals surface area contributed by atoms with Crippen molar-refractivity contribution in [3.05, 3.63) is 33.5 Å². The predicted molar refractivity (Wildman–Crippen MR) is 54.2 cm³/mol. The summed E-state index contributed by atoms with van der Waals surface area (Å²) < 4.78 is 14.2. The monoisotopic (exact) mass is 243 g/mol. The third kappa shape index (κ3) is 1.51. The molecule has 0 radical (unpaired) electrons. The van der Waals surface area contributed by atoms with Gasteiger partial charge in [-0.1, -0.05) is 15.9 Å². The lowest BCUT2D eigenvalue weighted by Gasteiger charge is -2.08. The summed E-state index contributed by atoms with van der Waals surface area (Å²) >= 11 is 3.29. The SMILES string of the molecule is NCC1CCc2c(F)cc(Br)cc21. The molecular formula is C10H11BrFN. The van der Waals surface area contributed by atoms with Crippen LogP contribution in [0.1, 0.15) is 23.5 Å². The molecule has 0 heterocycles. The van der Waals surface area contributed by atoms with E-state index in [2.05, 4.69) is 15.9 Å². The van der Waals surface area contributed by atoms with Gasteiger partial charge in [-0.2, -0.15) is 0 Å². The van der Waals surface area contributed by atoms with Crippen molar-refractivity contribution in [2.24, 2.45) is 5.73 Å². The zero-order valence-corrected chi connectivity index (χ0v) is 8.77. The van der Waals surface area contributed by atoms with Crippen LogP contribution in [-0.4, -0.2) is 6.54 Å². The number of rotatable bonds is 1. The molecule has 1 aromatic carbocycles. The molecule has 0 aliphatic heterocycles. The van der Waals surface area contributed by atoms with Crippen LogP contribution in [0.2, 0.25) is 0 Å². The van der Waals surface area contributed by atoms with Gasteiger partial charge in [-0.15, -0.1) is 0 Å². The molecule has 2 rings (SSSR count). The number of nitrogens with two attached hydrogens (primary N) is 1. The van der Waals surface area contributed by atoms with E-state index in [1.54, 1.807) is 0 Å². The molecule has 1 aromatic rings. The van der Waals surface area contributed by atoms with Gasteiger partial charge >= 0.3 is 0 Å². The summed E-state index contributed by atoms with van der Waals surface area (Å²) in [4.78, 5) is 0. The van der Waals surface area contributed by atoms with Crippen LogP contribution < -0.4 is 5.73 Å². The minimum absolute atomic E-state index is 0.0969. The molecule has 3 heteroatoms.